The Hall–Kier alpha value is -0.470. The number of fused-ring (bicyclic) bond motifs is 1. The Balaban J connectivity index is 1.72. The molecular formula is C19H23BrS. The Morgan fingerprint density at radius 3 is 2.33 bits per heavy atom. The molecule has 3 rings (SSSR count). The van der Waals surface area contributed by atoms with Crippen LogP contribution in [-0.4, -0.2) is 11.1 Å². The minimum absolute atomic E-state index is 0.507. The summed E-state index contributed by atoms with van der Waals surface area (Å²) in [6.07, 6.45) is 8.44. The average molecular weight is 363 g/mol. The van der Waals surface area contributed by atoms with Crippen LogP contribution >= 0.6 is 27.7 Å². The van der Waals surface area contributed by atoms with Gasteiger partial charge in [0.1, 0.15) is 0 Å². The van der Waals surface area contributed by atoms with Crippen molar-refractivity contribution < 1.29 is 0 Å². The second-order valence-electron chi connectivity index (χ2n) is 6.35. The third kappa shape index (κ3) is 3.84. The summed E-state index contributed by atoms with van der Waals surface area (Å²) >= 11 is 5.85. The zero-order chi connectivity index (χ0) is 14.5. The molecule has 0 saturated heterocycles. The first-order valence-corrected chi connectivity index (χ1v) is 10.1. The molecule has 1 fully saturated rings. The van der Waals surface area contributed by atoms with Gasteiger partial charge in [-0.25, -0.2) is 0 Å². The molecule has 0 spiro atoms. The smallest absolute Gasteiger partial charge is 0.00959 e. The topological polar surface area (TPSA) is 0 Å². The summed E-state index contributed by atoms with van der Waals surface area (Å²) in [6.45, 7) is 0. The molecule has 2 aromatic carbocycles. The van der Waals surface area contributed by atoms with Crippen LogP contribution in [-0.2, 0) is 0 Å². The van der Waals surface area contributed by atoms with E-state index in [9.17, 15) is 0 Å². The number of halogens is 1. The van der Waals surface area contributed by atoms with Gasteiger partial charge in [0.25, 0.3) is 0 Å². The van der Waals surface area contributed by atoms with Crippen molar-refractivity contribution in [3.8, 4) is 0 Å². The predicted molar refractivity (Wildman–Crippen MR) is 98.6 cm³/mol. The number of benzene rings is 2. The van der Waals surface area contributed by atoms with Crippen LogP contribution in [0.2, 0.25) is 0 Å². The number of hydrogen-bond acceptors (Lipinski definition) is 1. The van der Waals surface area contributed by atoms with E-state index in [1.807, 2.05) is 11.8 Å². The maximum atomic E-state index is 3.80. The van der Waals surface area contributed by atoms with E-state index in [4.69, 9.17) is 0 Å². The Labute approximate surface area is 140 Å². The first-order chi connectivity index (χ1) is 10.3. The fraction of sp³-hybridized carbons (Fsp3) is 0.474. The molecule has 1 aliphatic carbocycles. The lowest BCUT2D eigenvalue weighted by Crippen LogP contribution is -2.25. The predicted octanol–water partition coefficient (Wildman–Crippen LogP) is 6.67. The van der Waals surface area contributed by atoms with Crippen LogP contribution in [0, 0.1) is 5.41 Å². The zero-order valence-corrected chi connectivity index (χ0v) is 14.9. The molecule has 0 amide bonds. The molecule has 0 aliphatic heterocycles. The Bertz CT molecular complexity index is 585. The lowest BCUT2D eigenvalue weighted by atomic mass is 9.85. The van der Waals surface area contributed by atoms with Crippen LogP contribution in [0.5, 0.6) is 0 Å². The molecule has 0 heterocycles. The third-order valence-electron chi connectivity index (χ3n) is 4.71. The molecule has 0 atom stereocenters. The van der Waals surface area contributed by atoms with Gasteiger partial charge in [0, 0.05) is 16.0 Å². The Morgan fingerprint density at radius 1 is 0.905 bits per heavy atom. The summed E-state index contributed by atoms with van der Waals surface area (Å²) in [4.78, 5) is 1.42. The Morgan fingerprint density at radius 2 is 1.62 bits per heavy atom. The lowest BCUT2D eigenvalue weighted by Gasteiger charge is -2.30. The van der Waals surface area contributed by atoms with E-state index in [1.165, 1.54) is 59.9 Å². The van der Waals surface area contributed by atoms with E-state index >= 15 is 0 Å². The van der Waals surface area contributed by atoms with Gasteiger partial charge in [-0.15, -0.1) is 11.8 Å². The summed E-state index contributed by atoms with van der Waals surface area (Å²) < 4.78 is 0. The molecule has 0 N–H and O–H groups in total. The molecular weight excluding hydrogens is 340 g/mol. The molecule has 0 nitrogen and oxygen atoms in total. The largest absolute Gasteiger partial charge is 0.126 e. The molecule has 21 heavy (non-hydrogen) atoms. The van der Waals surface area contributed by atoms with Gasteiger partial charge in [-0.1, -0.05) is 71.9 Å². The summed E-state index contributed by atoms with van der Waals surface area (Å²) in [5.41, 5.74) is 0.507. The fourth-order valence-electron chi connectivity index (χ4n) is 3.29. The van der Waals surface area contributed by atoms with Gasteiger partial charge in [-0.05, 0) is 41.2 Å². The first kappa shape index (κ1) is 15.4. The molecule has 112 valence electrons. The van der Waals surface area contributed by atoms with E-state index in [2.05, 4.69) is 58.4 Å². The van der Waals surface area contributed by atoms with Crippen molar-refractivity contribution in [3.63, 3.8) is 0 Å². The molecule has 1 saturated carbocycles. The zero-order valence-electron chi connectivity index (χ0n) is 12.5. The second kappa shape index (κ2) is 7.19. The molecule has 0 bridgehead atoms. The van der Waals surface area contributed by atoms with Crippen molar-refractivity contribution in [2.75, 3.05) is 11.1 Å². The third-order valence-corrected chi connectivity index (χ3v) is 7.25. The highest BCUT2D eigenvalue weighted by molar-refractivity contribution is 9.09. The quantitative estimate of drug-likeness (QED) is 0.332. The van der Waals surface area contributed by atoms with Crippen molar-refractivity contribution in [1.29, 1.82) is 0 Å². The minimum atomic E-state index is 0.507. The SMILES string of the molecule is BrCC1(CSc2ccc3ccccc3c2)CCCCCC1. The van der Waals surface area contributed by atoms with Crippen molar-refractivity contribution in [2.24, 2.45) is 5.41 Å². The molecule has 2 aromatic rings. The van der Waals surface area contributed by atoms with Crippen molar-refractivity contribution in [3.05, 3.63) is 42.5 Å². The average Bonchev–Trinajstić information content (AvgIpc) is 2.79. The van der Waals surface area contributed by atoms with E-state index in [-0.39, 0.29) is 0 Å². The highest BCUT2D eigenvalue weighted by Gasteiger charge is 2.29. The van der Waals surface area contributed by atoms with E-state index in [0.717, 1.165) is 5.33 Å². The second-order valence-corrected chi connectivity index (χ2v) is 7.95. The first-order valence-electron chi connectivity index (χ1n) is 7.99. The van der Waals surface area contributed by atoms with E-state index in [0.29, 0.717) is 5.41 Å². The molecule has 2 heteroatoms. The maximum Gasteiger partial charge on any atom is 0.00959 e. The van der Waals surface area contributed by atoms with Crippen molar-refractivity contribution in [1.82, 2.24) is 0 Å². The number of alkyl halides is 1. The molecule has 0 aromatic heterocycles. The standard InChI is InChI=1S/C19H23BrS/c20-14-19(11-5-1-2-6-12-19)15-21-18-10-9-16-7-3-4-8-17(16)13-18/h3-4,7-10,13H,1-2,5-6,11-12,14-15H2. The van der Waals surface area contributed by atoms with Crippen molar-refractivity contribution >= 4 is 38.5 Å². The van der Waals surface area contributed by atoms with Crippen LogP contribution in [0.3, 0.4) is 0 Å². The summed E-state index contributed by atoms with van der Waals surface area (Å²) in [5.74, 6) is 1.25. The van der Waals surface area contributed by atoms with Gasteiger partial charge in [-0.2, -0.15) is 0 Å². The highest BCUT2D eigenvalue weighted by Crippen LogP contribution is 2.41. The van der Waals surface area contributed by atoms with Gasteiger partial charge in [0.15, 0.2) is 0 Å². The van der Waals surface area contributed by atoms with Gasteiger partial charge >= 0.3 is 0 Å². The minimum Gasteiger partial charge on any atom is -0.126 e. The summed E-state index contributed by atoms with van der Waals surface area (Å²) in [6, 6.07) is 15.5. The summed E-state index contributed by atoms with van der Waals surface area (Å²) in [7, 11) is 0. The van der Waals surface area contributed by atoms with Crippen LogP contribution in [0.15, 0.2) is 47.4 Å². The monoisotopic (exact) mass is 362 g/mol. The van der Waals surface area contributed by atoms with Gasteiger partial charge in [0.2, 0.25) is 0 Å². The number of hydrogen-bond donors (Lipinski definition) is 0. The van der Waals surface area contributed by atoms with E-state index in [1.54, 1.807) is 0 Å². The van der Waals surface area contributed by atoms with Gasteiger partial charge < -0.3 is 0 Å². The van der Waals surface area contributed by atoms with Crippen LogP contribution in [0.4, 0.5) is 0 Å². The van der Waals surface area contributed by atoms with E-state index < -0.39 is 0 Å². The Kier molecular flexibility index (Phi) is 5.29. The van der Waals surface area contributed by atoms with Gasteiger partial charge in [0.05, 0.1) is 0 Å². The van der Waals surface area contributed by atoms with Crippen LogP contribution < -0.4 is 0 Å². The molecule has 1 aliphatic rings. The van der Waals surface area contributed by atoms with Crippen molar-refractivity contribution in [2.45, 2.75) is 43.4 Å². The molecule has 0 radical (unpaired) electrons. The lowest BCUT2D eigenvalue weighted by molar-refractivity contribution is 0.334. The number of thioether (sulfide) groups is 1. The molecule has 0 unspecified atom stereocenters. The number of rotatable bonds is 4. The fourth-order valence-corrected chi connectivity index (χ4v) is 5.55. The van der Waals surface area contributed by atoms with Crippen LogP contribution in [0.25, 0.3) is 10.8 Å². The van der Waals surface area contributed by atoms with Gasteiger partial charge in [-0.3, -0.25) is 0 Å². The van der Waals surface area contributed by atoms with Crippen LogP contribution in [0.1, 0.15) is 38.5 Å². The maximum absolute atomic E-state index is 3.80. The normalized spacial score (nSPS) is 18.5. The highest BCUT2D eigenvalue weighted by atomic mass is 79.9. The summed E-state index contributed by atoms with van der Waals surface area (Å²) in [5, 5.41) is 3.85.